The minimum Gasteiger partial charge on any atom is -0.335 e. The van der Waals surface area contributed by atoms with Gasteiger partial charge < -0.3 is 10.3 Å². The van der Waals surface area contributed by atoms with Gasteiger partial charge in [-0.05, 0) is 18.9 Å². The Morgan fingerprint density at radius 3 is 2.73 bits per heavy atom. The molecule has 0 bridgehead atoms. The summed E-state index contributed by atoms with van der Waals surface area (Å²) in [7, 11) is 1.99. The summed E-state index contributed by atoms with van der Waals surface area (Å²) in [5, 5.41) is 1.13. The van der Waals surface area contributed by atoms with Gasteiger partial charge in [0.05, 0.1) is 5.69 Å². The van der Waals surface area contributed by atoms with Crippen molar-refractivity contribution >= 4 is 11.0 Å². The van der Waals surface area contributed by atoms with Crippen LogP contribution in [0.15, 0.2) is 6.20 Å². The van der Waals surface area contributed by atoms with E-state index in [2.05, 4.69) is 16.9 Å². The summed E-state index contributed by atoms with van der Waals surface area (Å²) in [5.74, 6) is 0.823. The second-order valence-electron chi connectivity index (χ2n) is 3.74. The van der Waals surface area contributed by atoms with Crippen molar-refractivity contribution in [2.45, 2.75) is 26.8 Å². The molecule has 0 aromatic carbocycles. The molecule has 0 aliphatic rings. The van der Waals surface area contributed by atoms with Crippen molar-refractivity contribution in [2.75, 3.05) is 0 Å². The Bertz CT molecular complexity index is 499. The van der Waals surface area contributed by atoms with Crippen LogP contribution in [0.3, 0.4) is 0 Å². The molecule has 0 saturated heterocycles. The van der Waals surface area contributed by atoms with E-state index in [9.17, 15) is 0 Å². The molecule has 0 spiro atoms. The minimum atomic E-state index is 0.538. The van der Waals surface area contributed by atoms with E-state index >= 15 is 0 Å². The summed E-state index contributed by atoms with van der Waals surface area (Å²) in [4.78, 5) is 8.91. The highest BCUT2D eigenvalue weighted by Gasteiger charge is 2.12. The lowest BCUT2D eigenvalue weighted by Gasteiger charge is -2.03. The summed E-state index contributed by atoms with van der Waals surface area (Å²) in [6.07, 6.45) is 2.95. The molecular weight excluding hydrogens is 188 g/mol. The predicted octanol–water partition coefficient (Wildman–Crippen LogP) is 1.30. The van der Waals surface area contributed by atoms with Gasteiger partial charge in [-0.3, -0.25) is 0 Å². The van der Waals surface area contributed by atoms with Crippen molar-refractivity contribution < 1.29 is 0 Å². The van der Waals surface area contributed by atoms with Crippen LogP contribution >= 0.6 is 0 Å². The smallest absolute Gasteiger partial charge is 0.143 e. The lowest BCUT2D eigenvalue weighted by atomic mass is 10.1. The molecule has 0 atom stereocenters. The van der Waals surface area contributed by atoms with Gasteiger partial charge in [-0.1, -0.05) is 6.92 Å². The second kappa shape index (κ2) is 3.62. The van der Waals surface area contributed by atoms with Gasteiger partial charge in [-0.25, -0.2) is 9.97 Å². The first-order valence-corrected chi connectivity index (χ1v) is 5.18. The quantitative estimate of drug-likeness (QED) is 0.802. The first-order chi connectivity index (χ1) is 7.17. The van der Waals surface area contributed by atoms with Gasteiger partial charge in [0.15, 0.2) is 0 Å². The van der Waals surface area contributed by atoms with Crippen molar-refractivity contribution in [2.24, 2.45) is 12.8 Å². The molecule has 0 amide bonds. The molecule has 80 valence electrons. The highest BCUT2D eigenvalue weighted by Crippen LogP contribution is 2.22. The zero-order chi connectivity index (χ0) is 11.0. The summed E-state index contributed by atoms with van der Waals surface area (Å²) in [5.41, 5.74) is 8.93. The largest absolute Gasteiger partial charge is 0.335 e. The first kappa shape index (κ1) is 10.1. The molecule has 2 aromatic heterocycles. The molecular formula is C11H16N4. The minimum absolute atomic E-state index is 0.538. The monoisotopic (exact) mass is 204 g/mol. The maximum Gasteiger partial charge on any atom is 0.143 e. The molecule has 2 N–H and O–H groups in total. The number of nitrogens with zero attached hydrogens (tertiary/aromatic N) is 3. The van der Waals surface area contributed by atoms with Crippen molar-refractivity contribution in [3.05, 3.63) is 23.3 Å². The molecule has 0 saturated carbocycles. The molecule has 0 aliphatic heterocycles. The maximum absolute atomic E-state index is 5.72. The van der Waals surface area contributed by atoms with E-state index in [0.29, 0.717) is 6.54 Å². The Morgan fingerprint density at radius 1 is 1.40 bits per heavy atom. The predicted molar refractivity (Wildman–Crippen MR) is 60.5 cm³/mol. The first-order valence-electron chi connectivity index (χ1n) is 5.18. The third-order valence-electron chi connectivity index (χ3n) is 2.64. The number of rotatable bonds is 2. The van der Waals surface area contributed by atoms with Crippen LogP contribution in [0.1, 0.15) is 24.0 Å². The van der Waals surface area contributed by atoms with Crippen LogP contribution in [-0.4, -0.2) is 14.5 Å². The summed E-state index contributed by atoms with van der Waals surface area (Å²) < 4.78 is 2.02. The molecule has 15 heavy (non-hydrogen) atoms. The highest BCUT2D eigenvalue weighted by molar-refractivity contribution is 5.83. The zero-order valence-electron chi connectivity index (χ0n) is 9.41. The Morgan fingerprint density at radius 2 is 2.13 bits per heavy atom. The fourth-order valence-corrected chi connectivity index (χ4v) is 1.97. The molecule has 4 nitrogen and oxygen atoms in total. The van der Waals surface area contributed by atoms with E-state index < -0.39 is 0 Å². The number of aromatic nitrogens is 3. The normalized spacial score (nSPS) is 11.2. The molecule has 0 unspecified atom stereocenters. The third kappa shape index (κ3) is 1.51. The number of fused-ring (bicyclic) bond motifs is 1. The SMILES string of the molecule is CCc1nc(C)nc2c1c(CN)cn2C. The van der Waals surface area contributed by atoms with Gasteiger partial charge in [-0.15, -0.1) is 0 Å². The number of aryl methyl sites for hydroxylation is 3. The molecule has 0 radical (unpaired) electrons. The Balaban J connectivity index is 2.86. The second-order valence-corrected chi connectivity index (χ2v) is 3.74. The van der Waals surface area contributed by atoms with Crippen LogP contribution in [0.25, 0.3) is 11.0 Å². The van der Waals surface area contributed by atoms with Gasteiger partial charge in [0.2, 0.25) is 0 Å². The van der Waals surface area contributed by atoms with E-state index in [1.165, 1.54) is 0 Å². The molecule has 2 aromatic rings. The lowest BCUT2D eigenvalue weighted by molar-refractivity contribution is 0.912. The number of nitrogens with two attached hydrogens (primary N) is 1. The van der Waals surface area contributed by atoms with E-state index in [-0.39, 0.29) is 0 Å². The molecule has 2 heterocycles. The van der Waals surface area contributed by atoms with E-state index in [4.69, 9.17) is 5.73 Å². The van der Waals surface area contributed by atoms with Crippen LogP contribution in [-0.2, 0) is 20.0 Å². The van der Waals surface area contributed by atoms with Crippen LogP contribution in [0.4, 0.5) is 0 Å². The standard InChI is InChI=1S/C11H16N4/c1-4-9-10-8(5-12)6-15(3)11(10)14-7(2)13-9/h6H,4-5,12H2,1-3H3. The van der Waals surface area contributed by atoms with Gasteiger partial charge in [0.25, 0.3) is 0 Å². The van der Waals surface area contributed by atoms with E-state index in [0.717, 1.165) is 34.5 Å². The van der Waals surface area contributed by atoms with E-state index in [1.807, 2.05) is 24.7 Å². The van der Waals surface area contributed by atoms with Crippen LogP contribution < -0.4 is 5.73 Å². The van der Waals surface area contributed by atoms with Crippen LogP contribution in [0, 0.1) is 6.92 Å². The fraction of sp³-hybridized carbons (Fsp3) is 0.455. The van der Waals surface area contributed by atoms with Crippen molar-refractivity contribution in [1.29, 1.82) is 0 Å². The Labute approximate surface area is 89.1 Å². The van der Waals surface area contributed by atoms with Crippen molar-refractivity contribution in [1.82, 2.24) is 14.5 Å². The number of hydrogen-bond acceptors (Lipinski definition) is 3. The summed E-state index contributed by atoms with van der Waals surface area (Å²) in [6, 6.07) is 0. The zero-order valence-corrected chi connectivity index (χ0v) is 9.41. The third-order valence-corrected chi connectivity index (χ3v) is 2.64. The average molecular weight is 204 g/mol. The summed E-state index contributed by atoms with van der Waals surface area (Å²) in [6.45, 7) is 4.57. The van der Waals surface area contributed by atoms with Crippen LogP contribution in [0.5, 0.6) is 0 Å². The van der Waals surface area contributed by atoms with E-state index in [1.54, 1.807) is 0 Å². The highest BCUT2D eigenvalue weighted by atomic mass is 15.0. The molecule has 0 aliphatic carbocycles. The summed E-state index contributed by atoms with van der Waals surface area (Å²) >= 11 is 0. The Hall–Kier alpha value is -1.42. The number of hydrogen-bond donors (Lipinski definition) is 1. The average Bonchev–Trinajstić information content (AvgIpc) is 2.55. The van der Waals surface area contributed by atoms with Crippen molar-refractivity contribution in [3.63, 3.8) is 0 Å². The maximum atomic E-state index is 5.72. The van der Waals surface area contributed by atoms with Gasteiger partial charge >= 0.3 is 0 Å². The Kier molecular flexibility index (Phi) is 2.44. The van der Waals surface area contributed by atoms with Gasteiger partial charge in [0, 0.05) is 25.2 Å². The topological polar surface area (TPSA) is 56.7 Å². The lowest BCUT2D eigenvalue weighted by Crippen LogP contribution is -2.00. The van der Waals surface area contributed by atoms with Gasteiger partial charge in [-0.2, -0.15) is 0 Å². The van der Waals surface area contributed by atoms with Crippen LogP contribution in [0.2, 0.25) is 0 Å². The fourth-order valence-electron chi connectivity index (χ4n) is 1.97. The molecule has 0 fully saturated rings. The molecule has 2 rings (SSSR count). The van der Waals surface area contributed by atoms with Gasteiger partial charge in [0.1, 0.15) is 11.5 Å². The van der Waals surface area contributed by atoms with Crippen molar-refractivity contribution in [3.8, 4) is 0 Å². The molecule has 4 heteroatoms.